The molecule has 1 aromatic heterocycles. The average Bonchev–Trinajstić information content (AvgIpc) is 2.77. The number of nitrogen functional groups attached to an aromatic ring is 1. The summed E-state index contributed by atoms with van der Waals surface area (Å²) in [6.45, 7) is 6.69. The predicted molar refractivity (Wildman–Crippen MR) is 82.8 cm³/mol. The molecule has 1 fully saturated rings. The molecule has 0 unspecified atom stereocenters. The van der Waals surface area contributed by atoms with E-state index in [0.29, 0.717) is 4.75 Å². The van der Waals surface area contributed by atoms with Gasteiger partial charge in [0, 0.05) is 23.6 Å². The maximum absolute atomic E-state index is 6.28. The summed E-state index contributed by atoms with van der Waals surface area (Å²) < 4.78 is 1.46. The molecule has 0 radical (unpaired) electrons. The Morgan fingerprint density at radius 3 is 3.00 bits per heavy atom. The van der Waals surface area contributed by atoms with Crippen LogP contribution in [0.1, 0.15) is 13.8 Å². The van der Waals surface area contributed by atoms with E-state index >= 15 is 0 Å². The lowest BCUT2D eigenvalue weighted by Crippen LogP contribution is -2.43. The molecular weight excluding hydrogens is 262 g/mol. The first-order chi connectivity index (χ1) is 8.57. The second-order valence-electron chi connectivity index (χ2n) is 5.23. The van der Waals surface area contributed by atoms with E-state index in [1.54, 1.807) is 11.3 Å². The summed E-state index contributed by atoms with van der Waals surface area (Å²) in [6, 6.07) is 4.27. The highest BCUT2D eigenvalue weighted by atomic mass is 32.2. The molecule has 2 aromatic rings. The van der Waals surface area contributed by atoms with E-state index in [-0.39, 0.29) is 0 Å². The van der Waals surface area contributed by atoms with Crippen LogP contribution in [-0.4, -0.2) is 28.6 Å². The van der Waals surface area contributed by atoms with E-state index < -0.39 is 0 Å². The SMILES string of the molecule is CC1(C)CN(c2ccc3scnc3c2N)CCS1. The van der Waals surface area contributed by atoms with E-state index in [4.69, 9.17) is 5.73 Å². The van der Waals surface area contributed by atoms with Crippen molar-refractivity contribution in [3.63, 3.8) is 0 Å². The summed E-state index contributed by atoms with van der Waals surface area (Å²) in [4.78, 5) is 6.77. The first-order valence-corrected chi connectivity index (χ1v) is 7.94. The van der Waals surface area contributed by atoms with Crippen LogP contribution in [0.3, 0.4) is 0 Å². The zero-order valence-electron chi connectivity index (χ0n) is 10.6. The number of thioether (sulfide) groups is 1. The van der Waals surface area contributed by atoms with Crippen molar-refractivity contribution < 1.29 is 0 Å². The minimum absolute atomic E-state index is 0.293. The molecule has 0 aliphatic carbocycles. The summed E-state index contributed by atoms with van der Waals surface area (Å²) in [5, 5.41) is 0. The fourth-order valence-electron chi connectivity index (χ4n) is 2.44. The first-order valence-electron chi connectivity index (χ1n) is 6.07. The van der Waals surface area contributed by atoms with Crippen molar-refractivity contribution in [2.75, 3.05) is 29.5 Å². The molecule has 1 aliphatic rings. The molecule has 0 amide bonds. The second kappa shape index (κ2) is 4.31. The lowest BCUT2D eigenvalue weighted by Gasteiger charge is -2.39. The van der Waals surface area contributed by atoms with Crippen LogP contribution in [-0.2, 0) is 0 Å². The van der Waals surface area contributed by atoms with Crippen LogP contribution in [0, 0.1) is 0 Å². The van der Waals surface area contributed by atoms with Crippen molar-refractivity contribution in [3.8, 4) is 0 Å². The molecule has 1 aliphatic heterocycles. The summed E-state index contributed by atoms with van der Waals surface area (Å²) in [7, 11) is 0. The van der Waals surface area contributed by atoms with Crippen LogP contribution in [0.25, 0.3) is 10.2 Å². The number of hydrogen-bond donors (Lipinski definition) is 1. The number of nitrogens with zero attached hydrogens (tertiary/aromatic N) is 2. The molecule has 1 aromatic carbocycles. The maximum Gasteiger partial charge on any atom is 0.106 e. The van der Waals surface area contributed by atoms with Gasteiger partial charge in [0.15, 0.2) is 0 Å². The van der Waals surface area contributed by atoms with Crippen molar-refractivity contribution in [2.45, 2.75) is 18.6 Å². The summed E-state index contributed by atoms with van der Waals surface area (Å²) >= 11 is 3.68. The van der Waals surface area contributed by atoms with Gasteiger partial charge in [-0.05, 0) is 26.0 Å². The number of thiazole rings is 1. The maximum atomic E-state index is 6.28. The normalized spacial score (nSPS) is 19.3. The van der Waals surface area contributed by atoms with Crippen LogP contribution in [0.4, 0.5) is 11.4 Å². The van der Waals surface area contributed by atoms with Crippen LogP contribution in [0.2, 0.25) is 0 Å². The topological polar surface area (TPSA) is 42.2 Å². The largest absolute Gasteiger partial charge is 0.395 e. The van der Waals surface area contributed by atoms with Gasteiger partial charge in [-0.1, -0.05) is 0 Å². The number of aromatic nitrogens is 1. The second-order valence-corrected chi connectivity index (χ2v) is 7.92. The summed E-state index contributed by atoms with van der Waals surface area (Å²) in [5.74, 6) is 1.15. The number of hydrogen-bond acceptors (Lipinski definition) is 5. The van der Waals surface area contributed by atoms with Gasteiger partial charge in [-0.25, -0.2) is 4.98 Å². The lowest BCUT2D eigenvalue weighted by atomic mass is 10.1. The third kappa shape index (κ3) is 2.06. The Morgan fingerprint density at radius 1 is 1.39 bits per heavy atom. The Balaban J connectivity index is 2.01. The fraction of sp³-hybridized carbons (Fsp3) is 0.462. The number of fused-ring (bicyclic) bond motifs is 1. The van der Waals surface area contributed by atoms with Crippen molar-refractivity contribution >= 4 is 44.7 Å². The minimum atomic E-state index is 0.293. The summed E-state index contributed by atoms with van der Waals surface area (Å²) in [6.07, 6.45) is 0. The smallest absolute Gasteiger partial charge is 0.106 e. The Hall–Kier alpha value is -0.940. The van der Waals surface area contributed by atoms with Crippen molar-refractivity contribution in [3.05, 3.63) is 17.6 Å². The van der Waals surface area contributed by atoms with Gasteiger partial charge in [0.25, 0.3) is 0 Å². The zero-order valence-corrected chi connectivity index (χ0v) is 12.3. The highest BCUT2D eigenvalue weighted by Gasteiger charge is 2.28. The third-order valence-electron chi connectivity index (χ3n) is 3.28. The van der Waals surface area contributed by atoms with Crippen LogP contribution in [0.5, 0.6) is 0 Å². The van der Waals surface area contributed by atoms with E-state index in [9.17, 15) is 0 Å². The van der Waals surface area contributed by atoms with E-state index in [0.717, 1.165) is 35.7 Å². The highest BCUT2D eigenvalue weighted by Crippen LogP contribution is 2.37. The third-order valence-corrected chi connectivity index (χ3v) is 5.38. The molecule has 0 atom stereocenters. The minimum Gasteiger partial charge on any atom is -0.395 e. The van der Waals surface area contributed by atoms with E-state index in [1.165, 1.54) is 4.70 Å². The van der Waals surface area contributed by atoms with Gasteiger partial charge in [0.1, 0.15) is 5.52 Å². The van der Waals surface area contributed by atoms with Crippen LogP contribution in [0.15, 0.2) is 17.6 Å². The molecular formula is C13H17N3S2. The average molecular weight is 279 g/mol. The quantitative estimate of drug-likeness (QED) is 0.814. The van der Waals surface area contributed by atoms with Gasteiger partial charge in [-0.2, -0.15) is 11.8 Å². The zero-order chi connectivity index (χ0) is 12.8. The molecule has 2 N–H and O–H groups in total. The van der Waals surface area contributed by atoms with Crippen molar-refractivity contribution in [1.29, 1.82) is 0 Å². The van der Waals surface area contributed by atoms with Gasteiger partial charge < -0.3 is 10.6 Å². The van der Waals surface area contributed by atoms with Crippen LogP contribution >= 0.6 is 23.1 Å². The first kappa shape index (κ1) is 12.1. The molecule has 3 rings (SSSR count). The van der Waals surface area contributed by atoms with Gasteiger partial charge in [-0.3, -0.25) is 0 Å². The molecule has 0 saturated carbocycles. The number of rotatable bonds is 1. The number of nitrogens with two attached hydrogens (primary N) is 1. The van der Waals surface area contributed by atoms with Crippen molar-refractivity contribution in [2.24, 2.45) is 0 Å². The number of benzene rings is 1. The Morgan fingerprint density at radius 2 is 2.22 bits per heavy atom. The molecule has 0 bridgehead atoms. The Kier molecular flexibility index (Phi) is 2.90. The monoisotopic (exact) mass is 279 g/mol. The predicted octanol–water partition coefficient (Wildman–Crippen LogP) is 3.21. The van der Waals surface area contributed by atoms with Crippen LogP contribution < -0.4 is 10.6 Å². The van der Waals surface area contributed by atoms with Crippen molar-refractivity contribution in [1.82, 2.24) is 4.98 Å². The molecule has 96 valence electrons. The van der Waals surface area contributed by atoms with Gasteiger partial charge >= 0.3 is 0 Å². The molecule has 18 heavy (non-hydrogen) atoms. The highest BCUT2D eigenvalue weighted by molar-refractivity contribution is 8.00. The standard InChI is InChI=1S/C13H17N3S2/c1-13(2)7-16(5-6-18-13)9-3-4-10-12(11(9)14)15-8-17-10/h3-4,8H,5-7,14H2,1-2H3. The Labute approximate surface area is 115 Å². The van der Waals surface area contributed by atoms with Gasteiger partial charge in [-0.15, -0.1) is 11.3 Å². The molecule has 3 nitrogen and oxygen atoms in total. The van der Waals surface area contributed by atoms with E-state index in [2.05, 4.69) is 35.9 Å². The molecule has 1 saturated heterocycles. The summed E-state index contributed by atoms with van der Waals surface area (Å²) in [5.41, 5.74) is 11.1. The fourth-order valence-corrected chi connectivity index (χ4v) is 4.24. The lowest BCUT2D eigenvalue weighted by molar-refractivity contribution is 0.648. The van der Waals surface area contributed by atoms with Gasteiger partial charge in [0.2, 0.25) is 0 Å². The molecule has 2 heterocycles. The van der Waals surface area contributed by atoms with Gasteiger partial charge in [0.05, 0.1) is 21.6 Å². The van der Waals surface area contributed by atoms with E-state index in [1.807, 2.05) is 17.3 Å². The Bertz CT molecular complexity index is 577. The molecule has 5 heteroatoms. The molecule has 0 spiro atoms. The number of anilines is 2.